The van der Waals surface area contributed by atoms with Crippen LogP contribution in [0.15, 0.2) is 58.5 Å². The molecule has 3 aromatic rings. The molecule has 2 aromatic heterocycles. The van der Waals surface area contributed by atoms with Crippen LogP contribution in [0.25, 0.3) is 0 Å². The number of aryl methyl sites for hydroxylation is 1. The Labute approximate surface area is 140 Å². The van der Waals surface area contributed by atoms with Crippen LogP contribution in [-0.4, -0.2) is 21.5 Å². The first-order chi connectivity index (χ1) is 11.2. The van der Waals surface area contributed by atoms with Gasteiger partial charge in [0, 0.05) is 18.0 Å². The molecular weight excluding hydrogens is 308 g/mol. The Morgan fingerprint density at radius 1 is 1.17 bits per heavy atom. The Bertz CT molecular complexity index is 710. The molecule has 4 nitrogen and oxygen atoms in total. The average Bonchev–Trinajstić information content (AvgIpc) is 3.20. The van der Waals surface area contributed by atoms with E-state index < -0.39 is 6.10 Å². The van der Waals surface area contributed by atoms with Gasteiger partial charge in [-0.3, -0.25) is 4.90 Å². The van der Waals surface area contributed by atoms with Crippen LogP contribution >= 0.6 is 11.3 Å². The highest BCUT2D eigenvalue weighted by atomic mass is 32.1. The molecule has 0 amide bonds. The molecule has 0 radical (unpaired) electrons. The zero-order chi connectivity index (χ0) is 16.1. The zero-order valence-corrected chi connectivity index (χ0v) is 13.9. The molecule has 5 heteroatoms. The van der Waals surface area contributed by atoms with E-state index >= 15 is 0 Å². The molecule has 1 atom stereocenters. The van der Waals surface area contributed by atoms with Crippen LogP contribution in [0.4, 0.5) is 0 Å². The Morgan fingerprint density at radius 3 is 2.65 bits per heavy atom. The molecule has 120 valence electrons. The number of hydrogen-bond acceptors (Lipinski definition) is 5. The van der Waals surface area contributed by atoms with Crippen molar-refractivity contribution in [1.82, 2.24) is 9.88 Å². The second-order valence-electron chi connectivity index (χ2n) is 5.55. The second kappa shape index (κ2) is 7.55. The summed E-state index contributed by atoms with van der Waals surface area (Å²) in [6.07, 6.45) is 1.22. The first kappa shape index (κ1) is 15.9. The number of aliphatic hydroxyl groups excluding tert-OH is 1. The lowest BCUT2D eigenvalue weighted by molar-refractivity contribution is 0.102. The van der Waals surface area contributed by atoms with Crippen molar-refractivity contribution in [3.05, 3.63) is 76.1 Å². The standard InChI is InChI=1S/C18H20N2O2S/c1-14-10-19-18(22-14)13-20(11-15-6-3-2-4-7-15)12-16(21)17-8-5-9-23-17/h2-10,16,21H,11-13H2,1H3. The summed E-state index contributed by atoms with van der Waals surface area (Å²) in [6.45, 7) is 3.74. The summed E-state index contributed by atoms with van der Waals surface area (Å²) < 4.78 is 5.59. The van der Waals surface area contributed by atoms with Crippen molar-refractivity contribution in [2.75, 3.05) is 6.54 Å². The first-order valence-corrected chi connectivity index (χ1v) is 8.48. The highest BCUT2D eigenvalue weighted by molar-refractivity contribution is 7.10. The van der Waals surface area contributed by atoms with Gasteiger partial charge in [-0.1, -0.05) is 36.4 Å². The minimum atomic E-state index is -0.505. The minimum absolute atomic E-state index is 0.505. The molecule has 0 saturated heterocycles. The van der Waals surface area contributed by atoms with Gasteiger partial charge in [0.15, 0.2) is 0 Å². The number of nitrogens with zero attached hydrogens (tertiary/aromatic N) is 2. The molecule has 0 aliphatic carbocycles. The monoisotopic (exact) mass is 328 g/mol. The van der Waals surface area contributed by atoms with E-state index in [4.69, 9.17) is 4.42 Å². The lowest BCUT2D eigenvalue weighted by Crippen LogP contribution is -2.28. The van der Waals surface area contributed by atoms with Gasteiger partial charge in [0.25, 0.3) is 0 Å². The van der Waals surface area contributed by atoms with Gasteiger partial charge in [0.1, 0.15) is 11.9 Å². The molecule has 1 unspecified atom stereocenters. The summed E-state index contributed by atoms with van der Waals surface area (Å²) in [5.41, 5.74) is 1.20. The lowest BCUT2D eigenvalue weighted by Gasteiger charge is -2.23. The maximum absolute atomic E-state index is 10.5. The summed E-state index contributed by atoms with van der Waals surface area (Å²) in [4.78, 5) is 7.42. The molecular formula is C18H20N2O2S. The van der Waals surface area contributed by atoms with Crippen molar-refractivity contribution < 1.29 is 9.52 Å². The van der Waals surface area contributed by atoms with Crippen molar-refractivity contribution in [3.63, 3.8) is 0 Å². The van der Waals surface area contributed by atoms with Crippen molar-refractivity contribution in [1.29, 1.82) is 0 Å². The molecule has 2 heterocycles. The Morgan fingerprint density at radius 2 is 2.00 bits per heavy atom. The molecule has 0 bridgehead atoms. The number of aliphatic hydroxyl groups is 1. The number of rotatable bonds is 7. The molecule has 1 N–H and O–H groups in total. The Kier molecular flexibility index (Phi) is 5.23. The highest BCUT2D eigenvalue weighted by Gasteiger charge is 2.17. The van der Waals surface area contributed by atoms with Gasteiger partial charge in [-0.2, -0.15) is 0 Å². The van der Waals surface area contributed by atoms with Crippen molar-refractivity contribution in [2.45, 2.75) is 26.1 Å². The van der Waals surface area contributed by atoms with Crippen LogP contribution in [-0.2, 0) is 13.1 Å². The topological polar surface area (TPSA) is 49.5 Å². The molecule has 23 heavy (non-hydrogen) atoms. The maximum atomic E-state index is 10.5. The maximum Gasteiger partial charge on any atom is 0.208 e. The number of thiophene rings is 1. The number of hydrogen-bond donors (Lipinski definition) is 1. The predicted octanol–water partition coefficient (Wildman–Crippen LogP) is 3.78. The van der Waals surface area contributed by atoms with Crippen molar-refractivity contribution in [2.24, 2.45) is 0 Å². The van der Waals surface area contributed by atoms with E-state index in [1.807, 2.05) is 42.6 Å². The molecule has 0 saturated carbocycles. The third kappa shape index (κ3) is 4.51. The minimum Gasteiger partial charge on any atom is -0.445 e. The van der Waals surface area contributed by atoms with Gasteiger partial charge in [0.2, 0.25) is 5.89 Å². The highest BCUT2D eigenvalue weighted by Crippen LogP contribution is 2.21. The normalized spacial score (nSPS) is 12.7. The molecule has 0 fully saturated rings. The fourth-order valence-electron chi connectivity index (χ4n) is 2.51. The van der Waals surface area contributed by atoms with Gasteiger partial charge in [-0.15, -0.1) is 11.3 Å². The van der Waals surface area contributed by atoms with E-state index in [9.17, 15) is 5.11 Å². The summed E-state index contributed by atoms with van der Waals surface area (Å²) in [7, 11) is 0. The largest absolute Gasteiger partial charge is 0.445 e. The summed E-state index contributed by atoms with van der Waals surface area (Å²) in [5.74, 6) is 1.48. The molecule has 0 spiro atoms. The van der Waals surface area contributed by atoms with Gasteiger partial charge < -0.3 is 9.52 Å². The number of aromatic nitrogens is 1. The van der Waals surface area contributed by atoms with Crippen LogP contribution in [0.1, 0.15) is 28.2 Å². The summed E-state index contributed by atoms with van der Waals surface area (Å²) in [6, 6.07) is 14.2. The van der Waals surface area contributed by atoms with Crippen LogP contribution in [0.5, 0.6) is 0 Å². The summed E-state index contributed by atoms with van der Waals surface area (Å²) in [5, 5.41) is 12.4. The van der Waals surface area contributed by atoms with E-state index in [0.29, 0.717) is 19.0 Å². The predicted molar refractivity (Wildman–Crippen MR) is 91.1 cm³/mol. The van der Waals surface area contributed by atoms with Gasteiger partial charge >= 0.3 is 0 Å². The van der Waals surface area contributed by atoms with Crippen LogP contribution in [0.3, 0.4) is 0 Å². The van der Waals surface area contributed by atoms with Gasteiger partial charge in [-0.25, -0.2) is 4.98 Å². The first-order valence-electron chi connectivity index (χ1n) is 7.60. The molecule has 3 rings (SSSR count). The quantitative estimate of drug-likeness (QED) is 0.717. The van der Waals surface area contributed by atoms with Gasteiger partial charge in [0.05, 0.1) is 12.7 Å². The van der Waals surface area contributed by atoms with E-state index in [0.717, 1.165) is 17.2 Å². The molecule has 1 aromatic carbocycles. The van der Waals surface area contributed by atoms with Crippen LogP contribution < -0.4 is 0 Å². The Balaban J connectivity index is 1.72. The zero-order valence-electron chi connectivity index (χ0n) is 13.1. The van der Waals surface area contributed by atoms with Crippen molar-refractivity contribution in [3.8, 4) is 0 Å². The SMILES string of the molecule is Cc1cnc(CN(Cc2ccccc2)CC(O)c2cccs2)o1. The van der Waals surface area contributed by atoms with Crippen LogP contribution in [0, 0.1) is 6.92 Å². The summed E-state index contributed by atoms with van der Waals surface area (Å²) >= 11 is 1.57. The van der Waals surface area contributed by atoms with E-state index in [-0.39, 0.29) is 0 Å². The second-order valence-corrected chi connectivity index (χ2v) is 6.53. The van der Waals surface area contributed by atoms with E-state index in [1.165, 1.54) is 5.56 Å². The smallest absolute Gasteiger partial charge is 0.208 e. The van der Waals surface area contributed by atoms with Crippen LogP contribution in [0.2, 0.25) is 0 Å². The lowest BCUT2D eigenvalue weighted by atomic mass is 10.2. The number of oxazole rings is 1. The average molecular weight is 328 g/mol. The Hall–Kier alpha value is -1.95. The molecule has 0 aliphatic rings. The van der Waals surface area contributed by atoms with E-state index in [2.05, 4.69) is 22.0 Å². The van der Waals surface area contributed by atoms with Crippen molar-refractivity contribution >= 4 is 11.3 Å². The van der Waals surface area contributed by atoms with Gasteiger partial charge in [-0.05, 0) is 23.9 Å². The molecule has 0 aliphatic heterocycles. The number of benzene rings is 1. The fraction of sp³-hybridized carbons (Fsp3) is 0.278. The third-order valence-electron chi connectivity index (χ3n) is 3.58. The fourth-order valence-corrected chi connectivity index (χ4v) is 3.21. The third-order valence-corrected chi connectivity index (χ3v) is 4.55. The van der Waals surface area contributed by atoms with E-state index in [1.54, 1.807) is 17.5 Å².